The standard InChI is InChI=1S/C15H24BrNO2/c1-3-4-7-18-8-9-19-15-12(2)10-14(16)11-13(15)5-6-17/h10-11H,3-9,17H2,1-2H3. The van der Waals surface area contributed by atoms with E-state index in [1.54, 1.807) is 0 Å². The molecular weight excluding hydrogens is 306 g/mol. The van der Waals surface area contributed by atoms with Gasteiger partial charge in [0, 0.05) is 11.1 Å². The van der Waals surface area contributed by atoms with E-state index in [0.29, 0.717) is 19.8 Å². The summed E-state index contributed by atoms with van der Waals surface area (Å²) in [5, 5.41) is 0. The number of aryl methyl sites for hydroxylation is 1. The Hall–Kier alpha value is -0.580. The van der Waals surface area contributed by atoms with Gasteiger partial charge in [-0.25, -0.2) is 0 Å². The fourth-order valence-electron chi connectivity index (χ4n) is 1.90. The normalized spacial score (nSPS) is 10.7. The van der Waals surface area contributed by atoms with Crippen molar-refractivity contribution in [3.63, 3.8) is 0 Å². The van der Waals surface area contributed by atoms with Gasteiger partial charge in [0.15, 0.2) is 0 Å². The number of halogens is 1. The fraction of sp³-hybridized carbons (Fsp3) is 0.600. The molecule has 3 nitrogen and oxygen atoms in total. The molecule has 108 valence electrons. The summed E-state index contributed by atoms with van der Waals surface area (Å²) in [5.41, 5.74) is 7.93. The van der Waals surface area contributed by atoms with Gasteiger partial charge in [0.2, 0.25) is 0 Å². The van der Waals surface area contributed by atoms with Crippen molar-refractivity contribution in [1.82, 2.24) is 0 Å². The highest BCUT2D eigenvalue weighted by molar-refractivity contribution is 9.10. The SMILES string of the molecule is CCCCOCCOc1c(C)cc(Br)cc1CCN. The summed E-state index contributed by atoms with van der Waals surface area (Å²) in [4.78, 5) is 0. The van der Waals surface area contributed by atoms with Crippen LogP contribution in [-0.2, 0) is 11.2 Å². The van der Waals surface area contributed by atoms with Gasteiger partial charge in [0.05, 0.1) is 6.61 Å². The minimum atomic E-state index is 0.587. The topological polar surface area (TPSA) is 44.5 Å². The van der Waals surface area contributed by atoms with E-state index in [-0.39, 0.29) is 0 Å². The molecule has 1 rings (SSSR count). The lowest BCUT2D eigenvalue weighted by Gasteiger charge is -2.14. The minimum absolute atomic E-state index is 0.587. The van der Waals surface area contributed by atoms with Crippen LogP contribution in [-0.4, -0.2) is 26.4 Å². The summed E-state index contributed by atoms with van der Waals surface area (Å²) < 4.78 is 12.4. The monoisotopic (exact) mass is 329 g/mol. The molecule has 0 saturated heterocycles. The van der Waals surface area contributed by atoms with Crippen molar-refractivity contribution < 1.29 is 9.47 Å². The molecule has 0 unspecified atom stereocenters. The molecule has 0 heterocycles. The van der Waals surface area contributed by atoms with Crippen molar-refractivity contribution in [2.45, 2.75) is 33.1 Å². The Kier molecular flexibility index (Phi) is 8.10. The summed E-state index contributed by atoms with van der Waals surface area (Å²) >= 11 is 3.51. The van der Waals surface area contributed by atoms with E-state index in [1.807, 2.05) is 0 Å². The molecule has 0 amide bonds. The van der Waals surface area contributed by atoms with Crippen LogP contribution >= 0.6 is 15.9 Å². The maximum Gasteiger partial charge on any atom is 0.125 e. The smallest absolute Gasteiger partial charge is 0.125 e. The zero-order chi connectivity index (χ0) is 14.1. The first-order valence-electron chi connectivity index (χ1n) is 6.88. The molecule has 0 aliphatic rings. The van der Waals surface area contributed by atoms with Gasteiger partial charge in [-0.05, 0) is 49.6 Å². The molecule has 0 fully saturated rings. The summed E-state index contributed by atoms with van der Waals surface area (Å²) in [6.45, 7) is 6.87. The second-order valence-electron chi connectivity index (χ2n) is 4.56. The van der Waals surface area contributed by atoms with E-state index in [0.717, 1.165) is 47.2 Å². The first kappa shape index (κ1) is 16.5. The number of rotatable bonds is 9. The van der Waals surface area contributed by atoms with Crippen LogP contribution in [0.25, 0.3) is 0 Å². The molecular formula is C15H24BrNO2. The lowest BCUT2D eigenvalue weighted by Crippen LogP contribution is -2.11. The predicted octanol–water partition coefficient (Wildman–Crippen LogP) is 3.45. The average molecular weight is 330 g/mol. The number of hydrogen-bond donors (Lipinski definition) is 1. The third kappa shape index (κ3) is 5.93. The van der Waals surface area contributed by atoms with Gasteiger partial charge in [-0.2, -0.15) is 0 Å². The Labute approximate surface area is 124 Å². The van der Waals surface area contributed by atoms with Crippen LogP contribution in [0.3, 0.4) is 0 Å². The van der Waals surface area contributed by atoms with E-state index < -0.39 is 0 Å². The van der Waals surface area contributed by atoms with Crippen molar-refractivity contribution in [3.05, 3.63) is 27.7 Å². The molecule has 0 aliphatic heterocycles. The quantitative estimate of drug-likeness (QED) is 0.705. The zero-order valence-corrected chi connectivity index (χ0v) is 13.5. The zero-order valence-electron chi connectivity index (χ0n) is 11.9. The average Bonchev–Trinajstić information content (AvgIpc) is 2.36. The van der Waals surface area contributed by atoms with Gasteiger partial charge in [0.25, 0.3) is 0 Å². The third-order valence-corrected chi connectivity index (χ3v) is 3.30. The largest absolute Gasteiger partial charge is 0.491 e. The van der Waals surface area contributed by atoms with Gasteiger partial charge >= 0.3 is 0 Å². The number of nitrogens with two attached hydrogens (primary N) is 1. The van der Waals surface area contributed by atoms with Crippen LogP contribution < -0.4 is 10.5 Å². The number of unbranched alkanes of at least 4 members (excludes halogenated alkanes) is 1. The van der Waals surface area contributed by atoms with Gasteiger partial charge in [-0.3, -0.25) is 0 Å². The van der Waals surface area contributed by atoms with Crippen molar-refractivity contribution in [2.75, 3.05) is 26.4 Å². The first-order chi connectivity index (χ1) is 9.19. The third-order valence-electron chi connectivity index (χ3n) is 2.85. The Morgan fingerprint density at radius 3 is 2.68 bits per heavy atom. The van der Waals surface area contributed by atoms with Crippen LogP contribution in [0.1, 0.15) is 30.9 Å². The van der Waals surface area contributed by atoms with Crippen LogP contribution in [0.5, 0.6) is 5.75 Å². The van der Waals surface area contributed by atoms with E-state index >= 15 is 0 Å². The highest BCUT2D eigenvalue weighted by Gasteiger charge is 2.08. The summed E-state index contributed by atoms with van der Waals surface area (Å²) in [6.07, 6.45) is 3.09. The van der Waals surface area contributed by atoms with Gasteiger partial charge in [-0.1, -0.05) is 29.3 Å². The molecule has 0 aromatic heterocycles. The van der Waals surface area contributed by atoms with E-state index in [4.69, 9.17) is 15.2 Å². The highest BCUT2D eigenvalue weighted by Crippen LogP contribution is 2.28. The number of ether oxygens (including phenoxy) is 2. The Balaban J connectivity index is 2.51. The maximum absolute atomic E-state index is 5.85. The second-order valence-corrected chi connectivity index (χ2v) is 5.48. The van der Waals surface area contributed by atoms with Crippen LogP contribution in [0, 0.1) is 6.92 Å². The molecule has 4 heteroatoms. The minimum Gasteiger partial charge on any atom is -0.491 e. The van der Waals surface area contributed by atoms with E-state index in [9.17, 15) is 0 Å². The van der Waals surface area contributed by atoms with E-state index in [2.05, 4.69) is 41.9 Å². The fourth-order valence-corrected chi connectivity index (χ4v) is 2.52. The molecule has 0 radical (unpaired) electrons. The Morgan fingerprint density at radius 1 is 1.21 bits per heavy atom. The highest BCUT2D eigenvalue weighted by atomic mass is 79.9. The molecule has 0 saturated carbocycles. The Morgan fingerprint density at radius 2 is 2.00 bits per heavy atom. The molecule has 0 bridgehead atoms. The van der Waals surface area contributed by atoms with Crippen molar-refractivity contribution in [1.29, 1.82) is 0 Å². The van der Waals surface area contributed by atoms with E-state index in [1.165, 1.54) is 0 Å². The second kappa shape index (κ2) is 9.34. The summed E-state index contributed by atoms with van der Waals surface area (Å²) in [6, 6.07) is 4.14. The van der Waals surface area contributed by atoms with Crippen molar-refractivity contribution in [2.24, 2.45) is 5.73 Å². The van der Waals surface area contributed by atoms with Crippen LogP contribution in [0.15, 0.2) is 16.6 Å². The lowest BCUT2D eigenvalue weighted by atomic mass is 10.1. The Bertz CT molecular complexity index is 383. The molecule has 2 N–H and O–H groups in total. The van der Waals surface area contributed by atoms with Crippen LogP contribution in [0.4, 0.5) is 0 Å². The molecule has 0 atom stereocenters. The van der Waals surface area contributed by atoms with Gasteiger partial charge < -0.3 is 15.2 Å². The predicted molar refractivity (Wildman–Crippen MR) is 82.9 cm³/mol. The van der Waals surface area contributed by atoms with Gasteiger partial charge in [-0.15, -0.1) is 0 Å². The number of benzene rings is 1. The lowest BCUT2D eigenvalue weighted by molar-refractivity contribution is 0.0975. The van der Waals surface area contributed by atoms with Gasteiger partial charge in [0.1, 0.15) is 12.4 Å². The van der Waals surface area contributed by atoms with Crippen LogP contribution in [0.2, 0.25) is 0 Å². The molecule has 0 aliphatic carbocycles. The van der Waals surface area contributed by atoms with Crippen molar-refractivity contribution in [3.8, 4) is 5.75 Å². The number of hydrogen-bond acceptors (Lipinski definition) is 3. The van der Waals surface area contributed by atoms with Crippen molar-refractivity contribution >= 4 is 15.9 Å². The molecule has 19 heavy (non-hydrogen) atoms. The summed E-state index contributed by atoms with van der Waals surface area (Å²) in [7, 11) is 0. The molecule has 1 aromatic carbocycles. The molecule has 1 aromatic rings. The maximum atomic E-state index is 5.85. The summed E-state index contributed by atoms with van der Waals surface area (Å²) in [5.74, 6) is 0.952. The first-order valence-corrected chi connectivity index (χ1v) is 7.68. The molecule has 0 spiro atoms.